The van der Waals surface area contributed by atoms with Crippen molar-refractivity contribution in [3.05, 3.63) is 29.8 Å². The number of carbonyl (C=O) groups excluding carboxylic acids is 3. The molecule has 100 valence electrons. The van der Waals surface area contributed by atoms with Gasteiger partial charge in [-0.05, 0) is 24.1 Å². The second-order valence-electron chi connectivity index (χ2n) is 4.56. The smallest absolute Gasteiger partial charge is 0.316 e. The van der Waals surface area contributed by atoms with E-state index < -0.39 is 11.8 Å². The Morgan fingerprint density at radius 1 is 1.21 bits per heavy atom. The molecule has 2 amide bonds. The minimum Gasteiger partial charge on any atom is -0.336 e. The number of aryl methyl sites for hydroxylation is 1. The molecular weight excluding hydrogens is 244 g/mol. The topological polar surface area (TPSA) is 57.7 Å². The first-order valence-corrected chi connectivity index (χ1v) is 6.23. The summed E-state index contributed by atoms with van der Waals surface area (Å²) in [6.07, 6.45) is 1.98. The van der Waals surface area contributed by atoms with Crippen molar-refractivity contribution < 1.29 is 14.4 Å². The third kappa shape index (κ3) is 2.81. The lowest BCUT2D eigenvalue weighted by atomic mass is 10.1. The maximum atomic E-state index is 11.9. The minimum absolute atomic E-state index is 0.457. The molecule has 0 aliphatic carbocycles. The molecule has 0 N–H and O–H groups in total. The Hall–Kier alpha value is -2.17. The van der Waals surface area contributed by atoms with Crippen LogP contribution in [0, 0.1) is 0 Å². The fraction of sp³-hybridized carbons (Fsp3) is 0.357. The summed E-state index contributed by atoms with van der Waals surface area (Å²) in [5.41, 5.74) is 1.71. The Labute approximate surface area is 111 Å². The highest BCUT2D eigenvalue weighted by Crippen LogP contribution is 2.19. The van der Waals surface area contributed by atoms with E-state index in [1.807, 2.05) is 18.2 Å². The predicted molar refractivity (Wildman–Crippen MR) is 70.8 cm³/mol. The zero-order valence-electron chi connectivity index (χ0n) is 10.8. The van der Waals surface area contributed by atoms with E-state index in [-0.39, 0.29) is 0 Å². The lowest BCUT2D eigenvalue weighted by Gasteiger charge is -2.31. The number of rotatable bonds is 4. The van der Waals surface area contributed by atoms with Gasteiger partial charge in [-0.25, -0.2) is 0 Å². The van der Waals surface area contributed by atoms with Gasteiger partial charge in [0, 0.05) is 32.2 Å². The van der Waals surface area contributed by atoms with Gasteiger partial charge in [0.05, 0.1) is 0 Å². The summed E-state index contributed by atoms with van der Waals surface area (Å²) in [5, 5.41) is 0. The summed E-state index contributed by atoms with van der Waals surface area (Å²) in [4.78, 5) is 36.9. The zero-order valence-corrected chi connectivity index (χ0v) is 10.8. The van der Waals surface area contributed by atoms with Crippen LogP contribution in [0.15, 0.2) is 24.3 Å². The molecule has 0 aromatic heterocycles. The van der Waals surface area contributed by atoms with Crippen LogP contribution in [0.1, 0.15) is 12.0 Å². The average Bonchev–Trinajstić information content (AvgIpc) is 2.43. The van der Waals surface area contributed by atoms with E-state index in [0.29, 0.717) is 25.9 Å². The predicted octanol–water partition coefficient (Wildman–Crippen LogP) is 0.623. The summed E-state index contributed by atoms with van der Waals surface area (Å²) >= 11 is 0. The lowest BCUT2D eigenvalue weighted by molar-refractivity contribution is -0.145. The molecule has 1 aromatic carbocycles. The van der Waals surface area contributed by atoms with Gasteiger partial charge in [-0.3, -0.25) is 9.59 Å². The average molecular weight is 260 g/mol. The highest BCUT2D eigenvalue weighted by atomic mass is 16.2. The molecule has 0 atom stereocenters. The summed E-state index contributed by atoms with van der Waals surface area (Å²) in [6, 6.07) is 7.42. The van der Waals surface area contributed by atoms with Gasteiger partial charge in [0.15, 0.2) is 0 Å². The van der Waals surface area contributed by atoms with Crippen molar-refractivity contribution >= 4 is 23.8 Å². The standard InChI is InChI=1S/C14H16N2O3/c1-15-7-8-16(14(19)13(15)18)12-6-2-4-11(10-12)5-3-9-17/h2,4,6,9-10H,3,5,7-8H2,1H3. The number of anilines is 1. The second kappa shape index (κ2) is 5.65. The zero-order chi connectivity index (χ0) is 13.8. The van der Waals surface area contributed by atoms with Crippen LogP contribution >= 0.6 is 0 Å². The van der Waals surface area contributed by atoms with Crippen LogP contribution in [0.4, 0.5) is 5.69 Å². The van der Waals surface area contributed by atoms with Crippen LogP contribution in [-0.2, 0) is 20.8 Å². The summed E-state index contributed by atoms with van der Waals surface area (Å²) in [6.45, 7) is 1.03. The van der Waals surface area contributed by atoms with Gasteiger partial charge < -0.3 is 14.6 Å². The molecule has 1 aromatic rings. The molecule has 0 spiro atoms. The number of amides is 2. The minimum atomic E-state index is -0.499. The first-order chi connectivity index (χ1) is 9.13. The normalized spacial score (nSPS) is 15.8. The molecule has 0 saturated carbocycles. The van der Waals surface area contributed by atoms with Gasteiger partial charge in [-0.15, -0.1) is 0 Å². The molecule has 0 unspecified atom stereocenters. The molecule has 0 bridgehead atoms. The first kappa shape index (κ1) is 13.3. The van der Waals surface area contributed by atoms with Crippen LogP contribution in [0.2, 0.25) is 0 Å². The first-order valence-electron chi connectivity index (χ1n) is 6.23. The number of benzene rings is 1. The van der Waals surface area contributed by atoms with Crippen molar-refractivity contribution in [2.45, 2.75) is 12.8 Å². The summed E-state index contributed by atoms with van der Waals surface area (Å²) < 4.78 is 0. The maximum Gasteiger partial charge on any atom is 0.316 e. The summed E-state index contributed by atoms with van der Waals surface area (Å²) in [5.74, 6) is -0.981. The van der Waals surface area contributed by atoms with Gasteiger partial charge in [0.1, 0.15) is 6.29 Å². The molecule has 1 saturated heterocycles. The van der Waals surface area contributed by atoms with E-state index in [1.54, 1.807) is 13.1 Å². The molecule has 2 rings (SSSR count). The molecule has 5 heteroatoms. The maximum absolute atomic E-state index is 11.9. The third-order valence-corrected chi connectivity index (χ3v) is 3.21. The fourth-order valence-electron chi connectivity index (χ4n) is 2.08. The van der Waals surface area contributed by atoms with Gasteiger partial charge in [-0.1, -0.05) is 12.1 Å². The highest BCUT2D eigenvalue weighted by Gasteiger charge is 2.31. The van der Waals surface area contributed by atoms with Crippen molar-refractivity contribution in [3.63, 3.8) is 0 Å². The van der Waals surface area contributed by atoms with Crippen LogP contribution in [-0.4, -0.2) is 43.1 Å². The van der Waals surface area contributed by atoms with E-state index in [4.69, 9.17) is 0 Å². The summed E-state index contributed by atoms with van der Waals surface area (Å²) in [7, 11) is 1.62. The van der Waals surface area contributed by atoms with Crippen LogP contribution in [0.5, 0.6) is 0 Å². The monoisotopic (exact) mass is 260 g/mol. The van der Waals surface area contributed by atoms with Gasteiger partial charge >= 0.3 is 11.8 Å². The van der Waals surface area contributed by atoms with Crippen molar-refractivity contribution in [3.8, 4) is 0 Å². The Morgan fingerprint density at radius 2 is 2.00 bits per heavy atom. The van der Waals surface area contributed by atoms with E-state index in [0.717, 1.165) is 17.5 Å². The van der Waals surface area contributed by atoms with Gasteiger partial charge in [0.25, 0.3) is 0 Å². The number of piperazine rings is 1. The van der Waals surface area contributed by atoms with E-state index in [1.165, 1.54) is 9.80 Å². The number of aldehydes is 1. The molecule has 5 nitrogen and oxygen atoms in total. The van der Waals surface area contributed by atoms with Gasteiger partial charge in [0.2, 0.25) is 0 Å². The molecule has 1 fully saturated rings. The number of likely N-dealkylation sites (N-methyl/N-ethyl adjacent to an activating group) is 1. The van der Waals surface area contributed by atoms with Crippen molar-refractivity contribution in [2.24, 2.45) is 0 Å². The highest BCUT2D eigenvalue weighted by molar-refractivity contribution is 6.40. The molecular formula is C14H16N2O3. The van der Waals surface area contributed by atoms with Crippen LogP contribution in [0.3, 0.4) is 0 Å². The van der Waals surface area contributed by atoms with Crippen molar-refractivity contribution in [1.82, 2.24) is 4.90 Å². The Bertz CT molecular complexity index is 513. The largest absolute Gasteiger partial charge is 0.336 e. The van der Waals surface area contributed by atoms with E-state index in [9.17, 15) is 14.4 Å². The lowest BCUT2D eigenvalue weighted by Crippen LogP contribution is -2.53. The Kier molecular flexibility index (Phi) is 3.94. The molecule has 1 aliphatic heterocycles. The van der Waals surface area contributed by atoms with Crippen molar-refractivity contribution in [1.29, 1.82) is 0 Å². The fourth-order valence-corrected chi connectivity index (χ4v) is 2.08. The number of carbonyl (C=O) groups is 3. The van der Waals surface area contributed by atoms with Crippen LogP contribution in [0.25, 0.3) is 0 Å². The third-order valence-electron chi connectivity index (χ3n) is 3.21. The Morgan fingerprint density at radius 3 is 2.74 bits per heavy atom. The van der Waals surface area contributed by atoms with Crippen molar-refractivity contribution in [2.75, 3.05) is 25.0 Å². The second-order valence-corrected chi connectivity index (χ2v) is 4.56. The van der Waals surface area contributed by atoms with E-state index in [2.05, 4.69) is 0 Å². The quantitative estimate of drug-likeness (QED) is 0.589. The molecule has 0 radical (unpaired) electrons. The SMILES string of the molecule is CN1CCN(c2cccc(CCC=O)c2)C(=O)C1=O. The number of nitrogens with zero attached hydrogens (tertiary/aromatic N) is 2. The molecule has 1 aliphatic rings. The Balaban J connectivity index is 2.19. The van der Waals surface area contributed by atoms with E-state index >= 15 is 0 Å². The number of hydrogen-bond donors (Lipinski definition) is 0. The molecule has 19 heavy (non-hydrogen) atoms. The number of hydrogen-bond acceptors (Lipinski definition) is 3. The van der Waals surface area contributed by atoms with Gasteiger partial charge in [-0.2, -0.15) is 0 Å². The van der Waals surface area contributed by atoms with Crippen LogP contribution < -0.4 is 4.90 Å². The molecule has 1 heterocycles.